The predicted molar refractivity (Wildman–Crippen MR) is 26.1 cm³/mol. The van der Waals surface area contributed by atoms with Crippen molar-refractivity contribution in [2.24, 2.45) is 0 Å². The van der Waals surface area contributed by atoms with Gasteiger partial charge in [-0.05, 0) is 0 Å². The summed E-state index contributed by atoms with van der Waals surface area (Å²) in [5, 5.41) is 11.7. The van der Waals surface area contributed by atoms with E-state index in [2.05, 4.69) is 15.9 Å². The molecule has 0 saturated heterocycles. The SMILES string of the molecule is OCCc1c[c]no1. The molecule has 3 nitrogen and oxygen atoms in total. The largest absolute Gasteiger partial charge is 0.396 e. The number of hydrogen-bond acceptors (Lipinski definition) is 3. The highest BCUT2D eigenvalue weighted by atomic mass is 16.5. The summed E-state index contributed by atoms with van der Waals surface area (Å²) in [5.74, 6) is 0.674. The lowest BCUT2D eigenvalue weighted by molar-refractivity contribution is 0.277. The van der Waals surface area contributed by atoms with E-state index in [4.69, 9.17) is 5.11 Å². The molecule has 0 saturated carbocycles. The highest BCUT2D eigenvalue weighted by molar-refractivity contribution is 4.90. The standard InChI is InChI=1S/C5H6NO2/c7-4-2-5-1-3-6-8-5/h1,7H,2,4H2. The first-order chi connectivity index (χ1) is 3.93. The molecule has 0 aromatic carbocycles. The van der Waals surface area contributed by atoms with Crippen LogP contribution in [0.25, 0.3) is 0 Å². The minimum absolute atomic E-state index is 0.100. The third-order valence-electron chi connectivity index (χ3n) is 0.799. The van der Waals surface area contributed by atoms with Gasteiger partial charge >= 0.3 is 0 Å². The Morgan fingerprint density at radius 2 is 2.75 bits per heavy atom. The molecule has 43 valence electrons. The number of aliphatic hydroxyl groups is 1. The second-order valence-electron chi connectivity index (χ2n) is 1.40. The first-order valence-corrected chi connectivity index (χ1v) is 2.36. The van der Waals surface area contributed by atoms with Crippen molar-refractivity contribution >= 4 is 0 Å². The lowest BCUT2D eigenvalue weighted by atomic mass is 10.3. The monoisotopic (exact) mass is 112 g/mol. The maximum Gasteiger partial charge on any atom is 0.139 e. The first kappa shape index (κ1) is 5.31. The van der Waals surface area contributed by atoms with Gasteiger partial charge in [-0.1, -0.05) is 5.16 Å². The molecule has 1 rings (SSSR count). The van der Waals surface area contributed by atoms with E-state index < -0.39 is 0 Å². The van der Waals surface area contributed by atoms with Gasteiger partial charge < -0.3 is 9.63 Å². The molecule has 0 spiro atoms. The normalized spacial score (nSPS) is 9.62. The molecule has 3 heteroatoms. The zero-order valence-corrected chi connectivity index (χ0v) is 4.29. The summed E-state index contributed by atoms with van der Waals surface area (Å²) in [6, 6.07) is 1.61. The zero-order chi connectivity index (χ0) is 5.82. The highest BCUT2D eigenvalue weighted by Gasteiger charge is 1.92. The summed E-state index contributed by atoms with van der Waals surface area (Å²) >= 11 is 0. The van der Waals surface area contributed by atoms with Crippen molar-refractivity contribution in [1.82, 2.24) is 5.16 Å². The van der Waals surface area contributed by atoms with Crippen LogP contribution in [0.15, 0.2) is 10.6 Å². The molecule has 1 heterocycles. The van der Waals surface area contributed by atoms with Crippen molar-refractivity contribution in [2.75, 3.05) is 6.61 Å². The van der Waals surface area contributed by atoms with Crippen molar-refractivity contribution in [1.29, 1.82) is 0 Å². The van der Waals surface area contributed by atoms with Gasteiger partial charge in [-0.15, -0.1) is 0 Å². The molecule has 0 aliphatic heterocycles. The van der Waals surface area contributed by atoms with Crippen LogP contribution < -0.4 is 0 Å². The fourth-order valence-electron chi connectivity index (χ4n) is 0.438. The van der Waals surface area contributed by atoms with Gasteiger partial charge in [-0.2, -0.15) is 0 Å². The van der Waals surface area contributed by atoms with Gasteiger partial charge in [0.25, 0.3) is 0 Å². The summed E-state index contributed by atoms with van der Waals surface area (Å²) in [6.07, 6.45) is 3.01. The van der Waals surface area contributed by atoms with Crippen molar-refractivity contribution in [3.05, 3.63) is 18.0 Å². The Bertz CT molecular complexity index is 136. The molecule has 0 unspecified atom stereocenters. The van der Waals surface area contributed by atoms with Gasteiger partial charge in [0.15, 0.2) is 0 Å². The number of hydrogen-bond donors (Lipinski definition) is 1. The van der Waals surface area contributed by atoms with Crippen LogP contribution in [-0.4, -0.2) is 16.9 Å². The van der Waals surface area contributed by atoms with E-state index in [1.807, 2.05) is 0 Å². The van der Waals surface area contributed by atoms with E-state index >= 15 is 0 Å². The van der Waals surface area contributed by atoms with Crippen molar-refractivity contribution in [3.8, 4) is 0 Å². The van der Waals surface area contributed by atoms with E-state index in [1.54, 1.807) is 6.07 Å². The molecule has 1 aromatic heterocycles. The topological polar surface area (TPSA) is 46.3 Å². The fraction of sp³-hybridized carbons (Fsp3) is 0.400. The molecule has 8 heavy (non-hydrogen) atoms. The second-order valence-corrected chi connectivity index (χ2v) is 1.40. The van der Waals surface area contributed by atoms with Crippen molar-refractivity contribution in [3.63, 3.8) is 0 Å². The maximum atomic E-state index is 8.34. The molecule has 0 aliphatic carbocycles. The van der Waals surface area contributed by atoms with Crippen LogP contribution in [0.1, 0.15) is 5.76 Å². The molecule has 0 fully saturated rings. The van der Waals surface area contributed by atoms with Gasteiger partial charge in [-0.25, -0.2) is 0 Å². The summed E-state index contributed by atoms with van der Waals surface area (Å²) in [4.78, 5) is 0. The van der Waals surface area contributed by atoms with E-state index in [0.717, 1.165) is 0 Å². The van der Waals surface area contributed by atoms with Gasteiger partial charge in [0.2, 0.25) is 0 Å². The van der Waals surface area contributed by atoms with Crippen molar-refractivity contribution in [2.45, 2.75) is 6.42 Å². The molecule has 0 bridgehead atoms. The van der Waals surface area contributed by atoms with E-state index in [9.17, 15) is 0 Å². The minimum atomic E-state index is 0.100. The minimum Gasteiger partial charge on any atom is -0.396 e. The van der Waals surface area contributed by atoms with Crippen LogP contribution in [0, 0.1) is 6.20 Å². The van der Waals surface area contributed by atoms with Crippen LogP contribution in [0.3, 0.4) is 0 Å². The molecule has 1 radical (unpaired) electrons. The molecular formula is C5H6NO2. The Morgan fingerprint density at radius 1 is 1.88 bits per heavy atom. The van der Waals surface area contributed by atoms with Crippen LogP contribution in [0.2, 0.25) is 0 Å². The Balaban J connectivity index is 2.50. The van der Waals surface area contributed by atoms with E-state index in [0.29, 0.717) is 12.2 Å². The second kappa shape index (κ2) is 2.47. The number of rotatable bonds is 2. The van der Waals surface area contributed by atoms with Crippen molar-refractivity contribution < 1.29 is 9.63 Å². The van der Waals surface area contributed by atoms with E-state index in [1.165, 1.54) is 0 Å². The van der Waals surface area contributed by atoms with Gasteiger partial charge in [0.1, 0.15) is 12.0 Å². The third kappa shape index (κ3) is 1.07. The van der Waals surface area contributed by atoms with Gasteiger partial charge in [0.05, 0.1) is 6.61 Å². The fourth-order valence-corrected chi connectivity index (χ4v) is 0.438. The lowest BCUT2D eigenvalue weighted by Gasteiger charge is -1.83. The number of aliphatic hydroxyl groups excluding tert-OH is 1. The van der Waals surface area contributed by atoms with E-state index in [-0.39, 0.29) is 6.61 Å². The number of nitrogens with zero attached hydrogens (tertiary/aromatic N) is 1. The molecule has 1 N–H and O–H groups in total. The van der Waals surface area contributed by atoms with Gasteiger partial charge in [0, 0.05) is 12.5 Å². The molecule has 0 amide bonds. The summed E-state index contributed by atoms with van der Waals surface area (Å²) in [5.41, 5.74) is 0. The zero-order valence-electron chi connectivity index (χ0n) is 4.29. The molecule has 1 aromatic rings. The number of aromatic nitrogens is 1. The Morgan fingerprint density at radius 3 is 3.25 bits per heavy atom. The predicted octanol–water partition coefficient (Wildman–Crippen LogP) is 0.00959. The summed E-state index contributed by atoms with van der Waals surface area (Å²) in [6.45, 7) is 0.100. The Labute approximate surface area is 46.9 Å². The molecule has 0 aliphatic rings. The average molecular weight is 112 g/mol. The molecular weight excluding hydrogens is 106 g/mol. The van der Waals surface area contributed by atoms with Gasteiger partial charge in [-0.3, -0.25) is 0 Å². The van der Waals surface area contributed by atoms with Crippen LogP contribution >= 0.6 is 0 Å². The van der Waals surface area contributed by atoms with Crippen LogP contribution in [-0.2, 0) is 6.42 Å². The van der Waals surface area contributed by atoms with Crippen LogP contribution in [0.5, 0.6) is 0 Å². The quantitative estimate of drug-likeness (QED) is 0.586. The van der Waals surface area contributed by atoms with Crippen LogP contribution in [0.4, 0.5) is 0 Å². The molecule has 0 atom stereocenters. The summed E-state index contributed by atoms with van der Waals surface area (Å²) in [7, 11) is 0. The third-order valence-corrected chi connectivity index (χ3v) is 0.799. The smallest absolute Gasteiger partial charge is 0.139 e. The Hall–Kier alpha value is -0.830. The Kier molecular flexibility index (Phi) is 1.64. The first-order valence-electron chi connectivity index (χ1n) is 2.36. The highest BCUT2D eigenvalue weighted by Crippen LogP contribution is 1.94. The average Bonchev–Trinajstić information content (AvgIpc) is 2.19. The lowest BCUT2D eigenvalue weighted by Crippen LogP contribution is -1.85. The maximum absolute atomic E-state index is 8.34. The summed E-state index contributed by atoms with van der Waals surface area (Å²) < 4.78 is 4.61.